The Hall–Kier alpha value is -3.29. The number of halogens is 1. The highest BCUT2D eigenvalue weighted by Crippen LogP contribution is 2.29. The summed E-state index contributed by atoms with van der Waals surface area (Å²) in [5, 5.41) is 8.18. The van der Waals surface area contributed by atoms with E-state index < -0.39 is 0 Å². The molecule has 1 aliphatic rings. The first-order valence-electron chi connectivity index (χ1n) is 10.3. The highest BCUT2D eigenvalue weighted by molar-refractivity contribution is 6.33. The molecule has 4 aromatic rings. The van der Waals surface area contributed by atoms with E-state index in [4.69, 9.17) is 11.6 Å². The number of nitrogens with zero attached hydrogens (tertiary/aromatic N) is 5. The van der Waals surface area contributed by atoms with Crippen molar-refractivity contribution in [2.75, 3.05) is 18.0 Å². The van der Waals surface area contributed by atoms with Crippen LogP contribution in [0.5, 0.6) is 0 Å². The van der Waals surface area contributed by atoms with Crippen LogP contribution in [0.3, 0.4) is 0 Å². The molecule has 0 radical (unpaired) electrons. The molecule has 1 saturated heterocycles. The SMILES string of the molecule is O=C(c1ccc(-c2cnn3cccnc23)cc1)N(c1ncccc1Cl)[C@@H]1CCCNC1. The molecular weight excluding hydrogens is 412 g/mol. The summed E-state index contributed by atoms with van der Waals surface area (Å²) in [5.74, 6) is 0.387. The Bertz CT molecular complexity index is 1220. The topological polar surface area (TPSA) is 75.4 Å². The van der Waals surface area contributed by atoms with E-state index in [-0.39, 0.29) is 11.9 Å². The third kappa shape index (κ3) is 3.78. The number of rotatable bonds is 4. The van der Waals surface area contributed by atoms with Crippen LogP contribution in [-0.4, -0.2) is 44.6 Å². The molecule has 8 heteroatoms. The number of piperidine rings is 1. The zero-order chi connectivity index (χ0) is 21.2. The standard InChI is InChI=1S/C23H21ClN6O/c24-20-5-2-11-27-22(20)30(18-4-1-10-25-14-18)23(31)17-8-6-16(7-9-17)19-15-28-29-13-3-12-26-21(19)29/h2-3,5-9,11-13,15,18,25H,1,4,10,14H2/t18-/m1/s1. The lowest BCUT2D eigenvalue weighted by atomic mass is 10.0. The number of anilines is 1. The third-order valence-electron chi connectivity index (χ3n) is 5.54. The smallest absolute Gasteiger partial charge is 0.259 e. The molecule has 1 amide bonds. The van der Waals surface area contributed by atoms with Gasteiger partial charge in [0.2, 0.25) is 0 Å². The Labute approximate surface area is 184 Å². The number of amides is 1. The second-order valence-corrected chi connectivity index (χ2v) is 7.91. The number of hydrogen-bond acceptors (Lipinski definition) is 5. The van der Waals surface area contributed by atoms with Crippen LogP contribution in [0.2, 0.25) is 5.02 Å². The summed E-state index contributed by atoms with van der Waals surface area (Å²) >= 11 is 6.43. The molecule has 31 heavy (non-hydrogen) atoms. The van der Waals surface area contributed by atoms with Crippen LogP contribution < -0.4 is 10.2 Å². The summed E-state index contributed by atoms with van der Waals surface area (Å²) in [6.45, 7) is 1.67. The van der Waals surface area contributed by atoms with E-state index in [2.05, 4.69) is 20.4 Å². The van der Waals surface area contributed by atoms with Crippen molar-refractivity contribution in [3.05, 3.63) is 77.8 Å². The summed E-state index contributed by atoms with van der Waals surface area (Å²) in [6.07, 6.45) is 8.95. The molecule has 0 saturated carbocycles. The number of pyridine rings is 1. The van der Waals surface area contributed by atoms with E-state index in [1.165, 1.54) is 0 Å². The zero-order valence-electron chi connectivity index (χ0n) is 16.8. The highest BCUT2D eigenvalue weighted by atomic mass is 35.5. The Kier molecular flexibility index (Phi) is 5.36. The van der Waals surface area contributed by atoms with Crippen LogP contribution in [0.4, 0.5) is 5.82 Å². The fraction of sp³-hybridized carbons (Fsp3) is 0.217. The van der Waals surface area contributed by atoms with E-state index in [0.29, 0.717) is 22.9 Å². The van der Waals surface area contributed by atoms with Gasteiger partial charge in [0, 0.05) is 36.3 Å². The number of carbonyl (C=O) groups excluding carboxylic acids is 1. The molecule has 0 bridgehead atoms. The fourth-order valence-electron chi connectivity index (χ4n) is 4.01. The highest BCUT2D eigenvalue weighted by Gasteiger charge is 2.30. The predicted octanol–water partition coefficient (Wildman–Crippen LogP) is 3.84. The molecule has 3 aromatic heterocycles. The van der Waals surface area contributed by atoms with Crippen molar-refractivity contribution in [1.82, 2.24) is 24.9 Å². The Morgan fingerprint density at radius 2 is 1.97 bits per heavy atom. The van der Waals surface area contributed by atoms with Gasteiger partial charge in [-0.15, -0.1) is 0 Å². The molecular formula is C23H21ClN6O. The third-order valence-corrected chi connectivity index (χ3v) is 5.84. The van der Waals surface area contributed by atoms with Gasteiger partial charge in [0.25, 0.3) is 5.91 Å². The van der Waals surface area contributed by atoms with E-state index in [0.717, 1.165) is 36.2 Å². The lowest BCUT2D eigenvalue weighted by Gasteiger charge is -2.34. The molecule has 1 atom stereocenters. The molecule has 156 valence electrons. The summed E-state index contributed by atoms with van der Waals surface area (Å²) in [6, 6.07) is 12.9. The normalized spacial score (nSPS) is 16.4. The van der Waals surface area contributed by atoms with Crippen molar-refractivity contribution in [1.29, 1.82) is 0 Å². The number of hydrogen-bond donors (Lipinski definition) is 1. The second-order valence-electron chi connectivity index (χ2n) is 7.51. The fourth-order valence-corrected chi connectivity index (χ4v) is 4.22. The minimum absolute atomic E-state index is 0.00264. The monoisotopic (exact) mass is 432 g/mol. The molecule has 7 nitrogen and oxygen atoms in total. The average molecular weight is 433 g/mol. The molecule has 4 heterocycles. The van der Waals surface area contributed by atoms with Gasteiger partial charge in [0.1, 0.15) is 0 Å². The van der Waals surface area contributed by atoms with Crippen molar-refractivity contribution >= 4 is 29.0 Å². The van der Waals surface area contributed by atoms with Gasteiger partial charge in [-0.25, -0.2) is 14.5 Å². The minimum Gasteiger partial charge on any atom is -0.315 e. The van der Waals surface area contributed by atoms with E-state index >= 15 is 0 Å². The maximum absolute atomic E-state index is 13.6. The van der Waals surface area contributed by atoms with Crippen LogP contribution in [0.25, 0.3) is 16.8 Å². The average Bonchev–Trinajstić information content (AvgIpc) is 3.25. The maximum Gasteiger partial charge on any atom is 0.259 e. The first-order valence-corrected chi connectivity index (χ1v) is 10.6. The lowest BCUT2D eigenvalue weighted by Crippen LogP contribution is -2.49. The number of benzene rings is 1. The molecule has 1 fully saturated rings. The van der Waals surface area contributed by atoms with Crippen molar-refractivity contribution in [2.24, 2.45) is 0 Å². The van der Waals surface area contributed by atoms with Gasteiger partial charge in [0.15, 0.2) is 11.5 Å². The molecule has 1 aromatic carbocycles. The van der Waals surface area contributed by atoms with Gasteiger partial charge in [-0.1, -0.05) is 23.7 Å². The molecule has 1 N–H and O–H groups in total. The van der Waals surface area contributed by atoms with Gasteiger partial charge in [-0.2, -0.15) is 5.10 Å². The largest absolute Gasteiger partial charge is 0.315 e. The van der Waals surface area contributed by atoms with Crippen LogP contribution in [-0.2, 0) is 0 Å². The molecule has 5 rings (SSSR count). The van der Waals surface area contributed by atoms with Gasteiger partial charge >= 0.3 is 0 Å². The van der Waals surface area contributed by atoms with Crippen molar-refractivity contribution < 1.29 is 4.79 Å². The van der Waals surface area contributed by atoms with Gasteiger partial charge in [0.05, 0.1) is 17.3 Å². The minimum atomic E-state index is -0.112. The Morgan fingerprint density at radius 1 is 1.13 bits per heavy atom. The van der Waals surface area contributed by atoms with E-state index in [9.17, 15) is 4.79 Å². The molecule has 0 unspecified atom stereocenters. The van der Waals surface area contributed by atoms with E-state index in [1.54, 1.807) is 40.1 Å². The van der Waals surface area contributed by atoms with Crippen LogP contribution in [0.1, 0.15) is 23.2 Å². The zero-order valence-corrected chi connectivity index (χ0v) is 17.5. The summed E-state index contributed by atoms with van der Waals surface area (Å²) < 4.78 is 1.73. The van der Waals surface area contributed by atoms with Crippen LogP contribution in [0.15, 0.2) is 67.3 Å². The molecule has 0 aliphatic carbocycles. The van der Waals surface area contributed by atoms with E-state index in [1.807, 2.05) is 36.5 Å². The van der Waals surface area contributed by atoms with Crippen LogP contribution >= 0.6 is 11.6 Å². The lowest BCUT2D eigenvalue weighted by molar-refractivity contribution is 0.0971. The molecule has 0 spiro atoms. The Morgan fingerprint density at radius 3 is 2.74 bits per heavy atom. The van der Waals surface area contributed by atoms with Crippen molar-refractivity contribution in [3.8, 4) is 11.1 Å². The maximum atomic E-state index is 13.6. The Balaban J connectivity index is 1.48. The number of nitrogens with one attached hydrogen (secondary N) is 1. The van der Waals surface area contributed by atoms with Gasteiger partial charge in [-0.3, -0.25) is 9.69 Å². The quantitative estimate of drug-likeness (QED) is 0.530. The van der Waals surface area contributed by atoms with Crippen LogP contribution in [0, 0.1) is 0 Å². The van der Waals surface area contributed by atoms with Crippen molar-refractivity contribution in [2.45, 2.75) is 18.9 Å². The first kappa shape index (κ1) is 19.7. The predicted molar refractivity (Wildman–Crippen MR) is 120 cm³/mol. The summed E-state index contributed by atoms with van der Waals surface area (Å²) in [7, 11) is 0. The van der Waals surface area contributed by atoms with Gasteiger partial charge in [-0.05, 0) is 55.3 Å². The number of fused-ring (bicyclic) bond motifs is 1. The van der Waals surface area contributed by atoms with Crippen molar-refractivity contribution in [3.63, 3.8) is 0 Å². The molecule has 1 aliphatic heterocycles. The first-order chi connectivity index (χ1) is 15.2. The summed E-state index contributed by atoms with van der Waals surface area (Å²) in [5.41, 5.74) is 3.23. The summed E-state index contributed by atoms with van der Waals surface area (Å²) in [4.78, 5) is 24.1. The second kappa shape index (κ2) is 8.45. The number of carbonyl (C=O) groups is 1. The van der Waals surface area contributed by atoms with Gasteiger partial charge < -0.3 is 5.32 Å². The number of aromatic nitrogens is 4.